The van der Waals surface area contributed by atoms with E-state index in [0.29, 0.717) is 0 Å². The second kappa shape index (κ2) is 6.75. The van der Waals surface area contributed by atoms with Crippen molar-refractivity contribution in [3.8, 4) is 0 Å². The van der Waals surface area contributed by atoms with Crippen LogP contribution in [0.1, 0.15) is 26.7 Å². The summed E-state index contributed by atoms with van der Waals surface area (Å²) in [6.07, 6.45) is 2.05. The molecule has 0 bridgehead atoms. The van der Waals surface area contributed by atoms with Gasteiger partial charge in [-0.15, -0.1) is 0 Å². The number of aliphatic carboxylic acids is 1. The number of likely N-dealkylation sites (tertiary alicyclic amines) is 1. The molecule has 6 nitrogen and oxygen atoms in total. The highest BCUT2D eigenvalue weighted by molar-refractivity contribution is 5.80. The fraction of sp³-hybridized carbons (Fsp3) is 0.846. The Labute approximate surface area is 115 Å². The molecule has 1 unspecified atom stereocenters. The molecule has 0 aromatic rings. The van der Waals surface area contributed by atoms with Gasteiger partial charge < -0.3 is 19.8 Å². The van der Waals surface area contributed by atoms with Gasteiger partial charge in [-0.25, -0.2) is 4.79 Å². The highest BCUT2D eigenvalue weighted by Gasteiger charge is 2.29. The Morgan fingerprint density at radius 1 is 1.42 bits per heavy atom. The van der Waals surface area contributed by atoms with Gasteiger partial charge in [-0.1, -0.05) is 0 Å². The summed E-state index contributed by atoms with van der Waals surface area (Å²) in [6, 6.07) is -0.147. The number of carbonyl (C=O) groups excluding carboxylic acids is 1. The van der Waals surface area contributed by atoms with Crippen molar-refractivity contribution in [3.05, 3.63) is 0 Å². The van der Waals surface area contributed by atoms with Gasteiger partial charge in [-0.3, -0.25) is 4.79 Å². The van der Waals surface area contributed by atoms with Gasteiger partial charge >= 0.3 is 12.0 Å². The summed E-state index contributed by atoms with van der Waals surface area (Å²) in [5.74, 6) is -0.976. The van der Waals surface area contributed by atoms with Gasteiger partial charge in [0.25, 0.3) is 0 Å². The molecule has 1 saturated heterocycles. The van der Waals surface area contributed by atoms with Crippen LogP contribution in [0.25, 0.3) is 0 Å². The van der Waals surface area contributed by atoms with Crippen LogP contribution in [-0.2, 0) is 4.79 Å². The summed E-state index contributed by atoms with van der Waals surface area (Å²) in [6.45, 7) is 5.33. The monoisotopic (exact) mass is 271 g/mol. The Morgan fingerprint density at radius 3 is 2.53 bits per heavy atom. The van der Waals surface area contributed by atoms with Crippen LogP contribution in [0, 0.1) is 0 Å². The average Bonchev–Trinajstić information content (AvgIpc) is 2.33. The lowest BCUT2D eigenvalue weighted by Crippen LogP contribution is -2.54. The molecular weight excluding hydrogens is 246 g/mol. The zero-order valence-electron chi connectivity index (χ0n) is 12.3. The number of carboxylic acid groups (broad SMARTS) is 1. The van der Waals surface area contributed by atoms with Gasteiger partial charge in [-0.05, 0) is 40.3 Å². The Morgan fingerprint density at radius 2 is 2.05 bits per heavy atom. The topological polar surface area (TPSA) is 64.1 Å². The van der Waals surface area contributed by atoms with Crippen LogP contribution in [0.15, 0.2) is 0 Å². The summed E-state index contributed by atoms with van der Waals surface area (Å²) in [5.41, 5.74) is 0. The van der Waals surface area contributed by atoms with Gasteiger partial charge in [0, 0.05) is 25.7 Å². The average molecular weight is 271 g/mol. The van der Waals surface area contributed by atoms with Crippen molar-refractivity contribution in [2.45, 2.75) is 38.8 Å². The number of urea groups is 1. The molecule has 0 radical (unpaired) electrons. The summed E-state index contributed by atoms with van der Waals surface area (Å²) >= 11 is 0. The van der Waals surface area contributed by atoms with Crippen molar-refractivity contribution in [2.75, 3.05) is 33.7 Å². The van der Waals surface area contributed by atoms with Crippen molar-refractivity contribution < 1.29 is 14.7 Å². The first-order valence-corrected chi connectivity index (χ1v) is 6.76. The van der Waals surface area contributed by atoms with E-state index in [4.69, 9.17) is 5.11 Å². The van der Waals surface area contributed by atoms with Crippen LogP contribution in [0.2, 0.25) is 0 Å². The molecular formula is C13H25N3O3. The number of hydrogen-bond acceptors (Lipinski definition) is 3. The largest absolute Gasteiger partial charge is 0.480 e. The van der Waals surface area contributed by atoms with Gasteiger partial charge in [0.15, 0.2) is 0 Å². The number of likely N-dealkylation sites (N-methyl/N-ethyl adjacent to an activating group) is 2. The van der Waals surface area contributed by atoms with E-state index in [1.165, 1.54) is 4.90 Å². The van der Waals surface area contributed by atoms with Crippen molar-refractivity contribution in [1.29, 1.82) is 0 Å². The summed E-state index contributed by atoms with van der Waals surface area (Å²) in [7, 11) is 3.81. The molecule has 19 heavy (non-hydrogen) atoms. The maximum atomic E-state index is 12.4. The van der Waals surface area contributed by atoms with Gasteiger partial charge in [0.1, 0.15) is 6.54 Å². The molecule has 1 aliphatic rings. The van der Waals surface area contributed by atoms with Crippen LogP contribution in [0.4, 0.5) is 4.79 Å². The van der Waals surface area contributed by atoms with Crippen LogP contribution < -0.4 is 0 Å². The zero-order valence-corrected chi connectivity index (χ0v) is 12.3. The summed E-state index contributed by atoms with van der Waals surface area (Å²) in [5, 5.41) is 8.90. The number of piperidine rings is 1. The Kier molecular flexibility index (Phi) is 5.60. The Hall–Kier alpha value is -1.30. The molecule has 1 fully saturated rings. The maximum absolute atomic E-state index is 12.4. The van der Waals surface area contributed by atoms with Crippen molar-refractivity contribution in [3.63, 3.8) is 0 Å². The van der Waals surface area contributed by atoms with Crippen LogP contribution in [-0.4, -0.2) is 77.6 Å². The molecule has 1 aliphatic heterocycles. The number of carbonyl (C=O) groups is 2. The summed E-state index contributed by atoms with van der Waals surface area (Å²) in [4.78, 5) is 28.5. The minimum absolute atomic E-state index is 0.118. The minimum Gasteiger partial charge on any atom is -0.480 e. The van der Waals surface area contributed by atoms with E-state index >= 15 is 0 Å². The van der Waals surface area contributed by atoms with Gasteiger partial charge in [0.05, 0.1) is 0 Å². The Bertz CT molecular complexity index is 333. The first kappa shape index (κ1) is 15.8. The zero-order chi connectivity index (χ0) is 14.6. The van der Waals surface area contributed by atoms with E-state index in [-0.39, 0.29) is 24.7 Å². The highest BCUT2D eigenvalue weighted by atomic mass is 16.4. The van der Waals surface area contributed by atoms with E-state index in [1.54, 1.807) is 11.9 Å². The lowest BCUT2D eigenvalue weighted by atomic mass is 10.1. The van der Waals surface area contributed by atoms with E-state index in [1.807, 2.05) is 20.9 Å². The third-order valence-corrected chi connectivity index (χ3v) is 3.62. The van der Waals surface area contributed by atoms with Crippen LogP contribution in [0.5, 0.6) is 0 Å². The normalized spacial score (nSPS) is 20.4. The van der Waals surface area contributed by atoms with Gasteiger partial charge in [0.2, 0.25) is 0 Å². The molecule has 1 rings (SSSR count). The molecule has 0 aromatic heterocycles. The Balaban J connectivity index is 2.69. The van der Waals surface area contributed by atoms with Crippen molar-refractivity contribution in [2.24, 2.45) is 0 Å². The van der Waals surface area contributed by atoms with Crippen molar-refractivity contribution in [1.82, 2.24) is 14.7 Å². The van der Waals surface area contributed by atoms with E-state index in [9.17, 15) is 9.59 Å². The molecule has 1 N–H and O–H groups in total. The highest BCUT2D eigenvalue weighted by Crippen LogP contribution is 2.15. The second-order valence-electron chi connectivity index (χ2n) is 5.57. The van der Waals surface area contributed by atoms with Crippen LogP contribution in [0.3, 0.4) is 0 Å². The fourth-order valence-electron chi connectivity index (χ4n) is 2.43. The number of rotatable bonds is 4. The predicted molar refractivity (Wildman–Crippen MR) is 73.2 cm³/mol. The second-order valence-corrected chi connectivity index (χ2v) is 5.57. The SMILES string of the molecule is CC(C)N(CC(=O)O)C(=O)N(C)C1CCCN(C)C1. The van der Waals surface area contributed by atoms with E-state index < -0.39 is 5.97 Å². The fourth-order valence-corrected chi connectivity index (χ4v) is 2.43. The van der Waals surface area contributed by atoms with E-state index in [0.717, 1.165) is 25.9 Å². The van der Waals surface area contributed by atoms with Crippen LogP contribution >= 0.6 is 0 Å². The third kappa shape index (κ3) is 4.38. The molecule has 2 amide bonds. The lowest BCUT2D eigenvalue weighted by molar-refractivity contribution is -0.138. The molecule has 1 atom stereocenters. The first-order chi connectivity index (χ1) is 8.82. The maximum Gasteiger partial charge on any atom is 0.323 e. The minimum atomic E-state index is -0.976. The molecule has 0 aromatic carbocycles. The number of amides is 2. The smallest absolute Gasteiger partial charge is 0.323 e. The molecule has 0 saturated carbocycles. The number of nitrogens with zero attached hydrogens (tertiary/aromatic N) is 3. The molecule has 1 heterocycles. The van der Waals surface area contributed by atoms with Gasteiger partial charge in [-0.2, -0.15) is 0 Å². The first-order valence-electron chi connectivity index (χ1n) is 6.76. The number of carboxylic acids is 1. The predicted octanol–water partition coefficient (Wildman–Crippen LogP) is 0.927. The van der Waals surface area contributed by atoms with E-state index in [2.05, 4.69) is 4.90 Å². The molecule has 6 heteroatoms. The molecule has 110 valence electrons. The molecule has 0 spiro atoms. The third-order valence-electron chi connectivity index (χ3n) is 3.62. The van der Waals surface area contributed by atoms with Crippen molar-refractivity contribution >= 4 is 12.0 Å². The number of hydrogen-bond donors (Lipinski definition) is 1. The lowest BCUT2D eigenvalue weighted by Gasteiger charge is -2.39. The quantitative estimate of drug-likeness (QED) is 0.826. The summed E-state index contributed by atoms with van der Waals surface area (Å²) < 4.78 is 0. The standard InChI is InChI=1S/C13H25N3O3/c1-10(2)16(9-12(17)18)13(19)15(4)11-6-5-7-14(3)8-11/h10-11H,5-9H2,1-4H3,(H,17,18). The molecule has 0 aliphatic carbocycles.